The van der Waals surface area contributed by atoms with Gasteiger partial charge in [0.15, 0.2) is 11.6 Å². The minimum atomic E-state index is -5.05. The van der Waals surface area contributed by atoms with Crippen molar-refractivity contribution in [1.29, 1.82) is 0 Å². The molecule has 0 bridgehead atoms. The van der Waals surface area contributed by atoms with Gasteiger partial charge in [-0.05, 0) is 98.0 Å². The third-order valence-corrected chi connectivity index (χ3v) is 13.8. The second-order valence-electron chi connectivity index (χ2n) is 18.2. The number of anilines is 3. The molecule has 5 heterocycles. The molecule has 2 aliphatic rings. The first-order chi connectivity index (χ1) is 36.1. The van der Waals surface area contributed by atoms with Crippen LogP contribution < -0.4 is 38.8 Å². The van der Waals surface area contributed by atoms with Gasteiger partial charge in [-0.1, -0.05) is 48.0 Å². The summed E-state index contributed by atoms with van der Waals surface area (Å²) < 4.78 is 121. The van der Waals surface area contributed by atoms with Crippen LogP contribution >= 0.6 is 11.6 Å². The highest BCUT2D eigenvalue weighted by molar-refractivity contribution is 6.36. The number of methoxy groups -OCH3 is 3. The molecule has 2 aliphatic heterocycles. The van der Waals surface area contributed by atoms with E-state index in [4.69, 9.17) is 40.3 Å². The van der Waals surface area contributed by atoms with E-state index in [0.29, 0.717) is 54.6 Å². The lowest BCUT2D eigenvalue weighted by atomic mass is 9.98. The fraction of sp³-hybridized carbons (Fsp3) is 0.352. The van der Waals surface area contributed by atoms with E-state index in [1.807, 2.05) is 55.5 Å². The van der Waals surface area contributed by atoms with E-state index in [1.165, 1.54) is 19.3 Å². The van der Waals surface area contributed by atoms with Gasteiger partial charge in [-0.2, -0.15) is 23.1 Å². The van der Waals surface area contributed by atoms with Crippen LogP contribution in [0.15, 0.2) is 91.4 Å². The number of hydrogen-bond acceptors (Lipinski definition) is 14. The number of halogens is 7. The van der Waals surface area contributed by atoms with Crippen LogP contribution in [0, 0.1) is 12.7 Å². The molecule has 394 valence electrons. The van der Waals surface area contributed by atoms with E-state index in [-0.39, 0.29) is 67.2 Å². The van der Waals surface area contributed by atoms with Gasteiger partial charge in [-0.15, -0.1) is 0 Å². The Bertz CT molecular complexity index is 3070. The topological polar surface area (TPSA) is 132 Å². The fourth-order valence-electron chi connectivity index (χ4n) is 9.62. The number of rotatable bonds is 19. The Hall–Kier alpha value is -7.32. The maximum atomic E-state index is 18.2. The van der Waals surface area contributed by atoms with Gasteiger partial charge in [0.25, 0.3) is 6.43 Å². The Morgan fingerprint density at radius 2 is 1.49 bits per heavy atom. The number of hydrogen-bond donors (Lipinski definition) is 1. The fourth-order valence-corrected chi connectivity index (χ4v) is 9.94. The molecule has 75 heavy (non-hydrogen) atoms. The molecule has 1 fully saturated rings. The first-order valence-corrected chi connectivity index (χ1v) is 24.6. The zero-order valence-corrected chi connectivity index (χ0v) is 42.5. The Morgan fingerprint density at radius 1 is 0.867 bits per heavy atom. The molecule has 9 rings (SSSR count). The normalized spacial score (nSPS) is 15.2. The lowest BCUT2D eigenvalue weighted by molar-refractivity contribution is -0.137. The molecule has 0 aliphatic carbocycles. The molecule has 21 heteroatoms. The zero-order chi connectivity index (χ0) is 53.0. The molecule has 2 atom stereocenters. The van der Waals surface area contributed by atoms with Crippen molar-refractivity contribution >= 4 is 40.0 Å². The number of alkyl halides is 5. The maximum absolute atomic E-state index is 18.2. The van der Waals surface area contributed by atoms with Crippen LogP contribution in [0.3, 0.4) is 0 Å². The van der Waals surface area contributed by atoms with Crippen molar-refractivity contribution in [3.05, 3.63) is 136 Å². The number of likely N-dealkylation sites (tertiary alicyclic amines) is 1. The first kappa shape index (κ1) is 52.5. The van der Waals surface area contributed by atoms with Gasteiger partial charge in [-0.3, -0.25) is 4.90 Å². The number of ether oxygens (including phenoxy) is 5. The van der Waals surface area contributed by atoms with E-state index < -0.39 is 64.4 Å². The number of pyridine rings is 1. The number of benzene rings is 4. The molecule has 1 saturated heterocycles. The van der Waals surface area contributed by atoms with Gasteiger partial charge in [0.1, 0.15) is 59.8 Å². The van der Waals surface area contributed by atoms with Crippen LogP contribution in [0.5, 0.6) is 29.0 Å². The van der Waals surface area contributed by atoms with Gasteiger partial charge in [0.05, 0.1) is 67.7 Å². The second-order valence-corrected chi connectivity index (χ2v) is 18.6. The molecule has 0 spiro atoms. The Kier molecular flexibility index (Phi) is 15.9. The summed E-state index contributed by atoms with van der Waals surface area (Å²) in [5.41, 5.74) is -0.332. The quantitative estimate of drug-likeness (QED) is 0.0770. The van der Waals surface area contributed by atoms with E-state index in [2.05, 4.69) is 25.3 Å². The summed E-state index contributed by atoms with van der Waals surface area (Å²) in [6.45, 7) is 3.68. The van der Waals surface area contributed by atoms with Gasteiger partial charge >= 0.3 is 12.2 Å². The van der Waals surface area contributed by atoms with Crippen molar-refractivity contribution in [2.45, 2.75) is 71.0 Å². The summed E-state index contributed by atoms with van der Waals surface area (Å²) in [7, 11) is 4.67. The first-order valence-electron chi connectivity index (χ1n) is 24.2. The minimum Gasteiger partial charge on any atom is -0.497 e. The van der Waals surface area contributed by atoms with Crippen molar-refractivity contribution in [3.63, 3.8) is 0 Å². The summed E-state index contributed by atoms with van der Waals surface area (Å²) in [5.74, 6) is 1.14. The van der Waals surface area contributed by atoms with E-state index in [0.717, 1.165) is 16.7 Å². The molecule has 0 saturated carbocycles. The van der Waals surface area contributed by atoms with Crippen LogP contribution in [-0.4, -0.2) is 96.5 Å². The number of nitrogens with zero attached hydrogens (tertiary/aromatic N) is 8. The standard InChI is InChI=1S/C54H54ClF6N9O5/c1-31-23-42(69(26-34-10-16-38(72-4)17-11-34)27-35-12-18-39(73-5)19-13-35)65-48(45(31)54(59,60)61)43-46(55)50-44-49(47(43)58)66-53(75-29-36-7-6-20-68(36)28-41(56)57)67-52(44)70(21-22-74-50)32(2)40-25-62-30-64-51(40)63-24-33-8-14-37(71-3)15-9-33/h8-19,23,25,30,32,36,41H,6-7,20-22,24,26-29H2,1-5H3,(H,62,63,64)/t32-,36+/m1/s1. The Balaban J connectivity index is 1.19. The summed E-state index contributed by atoms with van der Waals surface area (Å²) >= 11 is 7.24. The third-order valence-electron chi connectivity index (χ3n) is 13.5. The molecular weight excluding hydrogens is 1000 g/mol. The van der Waals surface area contributed by atoms with Crippen molar-refractivity contribution < 1.29 is 50.0 Å². The monoisotopic (exact) mass is 1060 g/mol. The summed E-state index contributed by atoms with van der Waals surface area (Å²) in [5, 5.41) is 2.86. The van der Waals surface area contributed by atoms with Crippen LogP contribution in [0.4, 0.5) is 43.8 Å². The summed E-state index contributed by atoms with van der Waals surface area (Å²) in [6, 6.07) is 21.8. The van der Waals surface area contributed by atoms with Crippen LogP contribution in [0.2, 0.25) is 5.02 Å². The van der Waals surface area contributed by atoms with Gasteiger partial charge in [0, 0.05) is 37.4 Å². The SMILES string of the molecule is COc1ccc(CNc2ncncc2[C@@H](C)N2CCOc3c(Cl)c(-c4nc(N(Cc5ccc(OC)cc5)Cc5ccc(OC)cc5)cc(C)c4C(F)(F)F)c(F)c4nc(OC[C@@H]5CCCN5CC(F)F)nc2c34)cc1. The molecule has 7 aromatic rings. The van der Waals surface area contributed by atoms with Crippen LogP contribution in [-0.2, 0) is 25.8 Å². The predicted octanol–water partition coefficient (Wildman–Crippen LogP) is 11.5. The highest BCUT2D eigenvalue weighted by Crippen LogP contribution is 2.51. The Labute approximate surface area is 434 Å². The summed E-state index contributed by atoms with van der Waals surface area (Å²) in [6.07, 6.45) is -3.42. The lowest BCUT2D eigenvalue weighted by Gasteiger charge is -2.31. The second kappa shape index (κ2) is 22.7. The largest absolute Gasteiger partial charge is 0.497 e. The maximum Gasteiger partial charge on any atom is 0.418 e. The smallest absolute Gasteiger partial charge is 0.418 e. The summed E-state index contributed by atoms with van der Waals surface area (Å²) in [4.78, 5) is 28.1. The average molecular weight is 1060 g/mol. The molecular formula is C54H54ClF6N9O5. The zero-order valence-electron chi connectivity index (χ0n) is 41.7. The van der Waals surface area contributed by atoms with Gasteiger partial charge < -0.3 is 38.8 Å². The van der Waals surface area contributed by atoms with Gasteiger partial charge in [-0.25, -0.2) is 28.1 Å². The molecule has 0 unspecified atom stereocenters. The van der Waals surface area contributed by atoms with Crippen LogP contribution in [0.1, 0.15) is 59.2 Å². The van der Waals surface area contributed by atoms with Crippen LogP contribution in [0.25, 0.3) is 22.2 Å². The molecule has 1 N–H and O–H groups in total. The molecule has 4 aromatic carbocycles. The average Bonchev–Trinajstić information content (AvgIpc) is 3.79. The highest BCUT2D eigenvalue weighted by atomic mass is 35.5. The van der Waals surface area contributed by atoms with Crippen molar-refractivity contribution in [2.24, 2.45) is 0 Å². The molecule has 14 nitrogen and oxygen atoms in total. The third kappa shape index (κ3) is 11.5. The predicted molar refractivity (Wildman–Crippen MR) is 273 cm³/mol. The van der Waals surface area contributed by atoms with Crippen molar-refractivity contribution in [3.8, 4) is 40.3 Å². The molecule has 0 amide bonds. The Morgan fingerprint density at radius 3 is 2.09 bits per heavy atom. The highest BCUT2D eigenvalue weighted by Gasteiger charge is 2.41. The number of nitrogens with one attached hydrogen (secondary N) is 1. The lowest BCUT2D eigenvalue weighted by Crippen LogP contribution is -2.37. The molecule has 0 radical (unpaired) electrons. The van der Waals surface area contributed by atoms with E-state index in [1.54, 1.807) is 66.5 Å². The number of aryl methyl sites for hydroxylation is 1. The van der Waals surface area contributed by atoms with E-state index in [9.17, 15) is 8.78 Å². The number of aromatic nitrogens is 5. The minimum absolute atomic E-state index is 0.0372. The van der Waals surface area contributed by atoms with Crippen molar-refractivity contribution in [2.75, 3.05) is 69.3 Å². The van der Waals surface area contributed by atoms with Crippen molar-refractivity contribution in [1.82, 2.24) is 29.8 Å². The van der Waals surface area contributed by atoms with Gasteiger partial charge in [0.2, 0.25) is 0 Å². The molecule has 3 aromatic heterocycles. The van der Waals surface area contributed by atoms with E-state index >= 15 is 17.6 Å².